The van der Waals surface area contributed by atoms with E-state index < -0.39 is 21.0 Å². The fourth-order valence-electron chi connectivity index (χ4n) is 2.78. The summed E-state index contributed by atoms with van der Waals surface area (Å²) >= 11 is 5.86. The van der Waals surface area contributed by atoms with Gasteiger partial charge in [0.1, 0.15) is 16.8 Å². The van der Waals surface area contributed by atoms with Gasteiger partial charge < -0.3 is 14.5 Å². The lowest BCUT2D eigenvalue weighted by Gasteiger charge is -2.17. The van der Waals surface area contributed by atoms with Crippen LogP contribution in [0.15, 0.2) is 76.2 Å². The van der Waals surface area contributed by atoms with Gasteiger partial charge in [0.25, 0.3) is 5.91 Å². The second-order valence-corrected chi connectivity index (χ2v) is 8.74. The second kappa shape index (κ2) is 9.15. The summed E-state index contributed by atoms with van der Waals surface area (Å²) in [5, 5.41) is 2.04. The normalized spacial score (nSPS) is 12.3. The molecule has 0 saturated heterocycles. The Bertz CT molecular complexity index is 1050. The molecule has 6 nitrogen and oxygen atoms in total. The minimum Gasteiger partial charge on any atom is -0.494 e. The quantitative estimate of drug-likeness (QED) is 0.573. The van der Waals surface area contributed by atoms with Crippen LogP contribution in [-0.4, -0.2) is 27.5 Å². The fourth-order valence-corrected chi connectivity index (χ4v) is 4.50. The monoisotopic (exact) mass is 433 g/mol. The highest BCUT2D eigenvalue weighted by Crippen LogP contribution is 2.29. The molecule has 3 rings (SSSR count). The zero-order chi connectivity index (χ0) is 20.9. The van der Waals surface area contributed by atoms with E-state index in [-0.39, 0.29) is 17.2 Å². The van der Waals surface area contributed by atoms with Crippen LogP contribution in [0.4, 0.5) is 0 Å². The van der Waals surface area contributed by atoms with Crippen molar-refractivity contribution in [3.63, 3.8) is 0 Å². The van der Waals surface area contributed by atoms with Crippen LogP contribution < -0.4 is 10.1 Å². The van der Waals surface area contributed by atoms with Crippen molar-refractivity contribution in [3.05, 3.63) is 83.3 Å². The van der Waals surface area contributed by atoms with Crippen molar-refractivity contribution in [1.29, 1.82) is 0 Å². The Labute approximate surface area is 174 Å². The molecule has 2 aromatic carbocycles. The summed E-state index contributed by atoms with van der Waals surface area (Å²) in [6.07, 6.45) is 1.40. The molecule has 0 bridgehead atoms. The van der Waals surface area contributed by atoms with Crippen LogP contribution in [0.25, 0.3) is 0 Å². The first kappa shape index (κ1) is 21.0. The first-order valence-electron chi connectivity index (χ1n) is 8.95. The second-order valence-electron chi connectivity index (χ2n) is 6.17. The molecule has 0 aliphatic rings. The summed E-state index contributed by atoms with van der Waals surface area (Å²) in [4.78, 5) is 12.6. The summed E-state index contributed by atoms with van der Waals surface area (Å²) in [6, 6.07) is 15.7. The highest BCUT2D eigenvalue weighted by molar-refractivity contribution is 7.91. The third-order valence-electron chi connectivity index (χ3n) is 4.25. The first-order valence-corrected chi connectivity index (χ1v) is 10.9. The van der Waals surface area contributed by atoms with Crippen molar-refractivity contribution in [2.75, 3.05) is 13.2 Å². The lowest BCUT2D eigenvalue weighted by Crippen LogP contribution is -2.31. The molecule has 0 aliphatic carbocycles. The molecule has 0 saturated carbocycles. The van der Waals surface area contributed by atoms with Crippen LogP contribution in [0.1, 0.15) is 28.3 Å². The maximum atomic E-state index is 13.1. The van der Waals surface area contributed by atoms with Gasteiger partial charge in [0.05, 0.1) is 17.8 Å². The number of benzene rings is 2. The van der Waals surface area contributed by atoms with E-state index in [1.807, 2.05) is 6.92 Å². The van der Waals surface area contributed by atoms with Gasteiger partial charge in [-0.15, -0.1) is 0 Å². The van der Waals surface area contributed by atoms with Crippen molar-refractivity contribution in [1.82, 2.24) is 5.32 Å². The van der Waals surface area contributed by atoms with E-state index in [0.717, 1.165) is 0 Å². The molecule has 29 heavy (non-hydrogen) atoms. The summed E-state index contributed by atoms with van der Waals surface area (Å²) in [5.74, 6) is 0.505. The number of nitrogens with one attached hydrogen (secondary N) is 1. The van der Waals surface area contributed by atoms with Gasteiger partial charge in [-0.05, 0) is 67.6 Å². The minimum absolute atomic E-state index is 0.0959. The molecule has 1 atom stereocenters. The first-order chi connectivity index (χ1) is 13.9. The SMILES string of the molecule is CCOc1ccc(C(=O)NC[C@H](c2ccco2)S(=O)(=O)c2ccc(Cl)cc2)cc1. The molecule has 0 fully saturated rings. The predicted octanol–water partition coefficient (Wildman–Crippen LogP) is 4.28. The van der Waals surface area contributed by atoms with E-state index >= 15 is 0 Å². The van der Waals surface area contributed by atoms with Crippen LogP contribution in [0.2, 0.25) is 5.02 Å². The lowest BCUT2D eigenvalue weighted by atomic mass is 10.2. The van der Waals surface area contributed by atoms with Crippen molar-refractivity contribution in [3.8, 4) is 5.75 Å². The van der Waals surface area contributed by atoms with Crippen molar-refractivity contribution < 1.29 is 22.4 Å². The van der Waals surface area contributed by atoms with Crippen LogP contribution >= 0.6 is 11.6 Å². The van der Waals surface area contributed by atoms with Crippen molar-refractivity contribution >= 4 is 27.3 Å². The van der Waals surface area contributed by atoms with E-state index in [2.05, 4.69) is 5.32 Å². The maximum absolute atomic E-state index is 13.1. The molecule has 0 radical (unpaired) electrons. The Morgan fingerprint density at radius 2 is 1.79 bits per heavy atom. The van der Waals surface area contributed by atoms with Gasteiger partial charge in [-0.1, -0.05) is 11.6 Å². The van der Waals surface area contributed by atoms with Crippen LogP contribution in [0, 0.1) is 0 Å². The summed E-state index contributed by atoms with van der Waals surface area (Å²) in [7, 11) is -3.82. The van der Waals surface area contributed by atoms with Crippen molar-refractivity contribution in [2.45, 2.75) is 17.1 Å². The molecule has 1 amide bonds. The van der Waals surface area contributed by atoms with E-state index in [9.17, 15) is 13.2 Å². The number of rotatable bonds is 8. The molecule has 0 aliphatic heterocycles. The van der Waals surface area contributed by atoms with Crippen LogP contribution in [0.5, 0.6) is 5.75 Å². The molecular weight excluding hydrogens is 414 g/mol. The number of amides is 1. The highest BCUT2D eigenvalue weighted by atomic mass is 35.5. The lowest BCUT2D eigenvalue weighted by molar-refractivity contribution is 0.0953. The summed E-state index contributed by atoms with van der Waals surface area (Å²) in [5.41, 5.74) is 0.399. The average Bonchev–Trinajstić information content (AvgIpc) is 3.23. The number of carbonyl (C=O) groups excluding carboxylic acids is 1. The topological polar surface area (TPSA) is 85.6 Å². The van der Waals surface area contributed by atoms with E-state index in [4.69, 9.17) is 20.8 Å². The molecule has 1 aromatic heterocycles. The number of carbonyl (C=O) groups is 1. The van der Waals surface area contributed by atoms with E-state index in [0.29, 0.717) is 22.9 Å². The Morgan fingerprint density at radius 1 is 1.10 bits per heavy atom. The molecule has 3 aromatic rings. The Balaban J connectivity index is 1.80. The van der Waals surface area contributed by atoms with Gasteiger partial charge in [-0.2, -0.15) is 0 Å². The summed E-state index contributed by atoms with van der Waals surface area (Å²) in [6.45, 7) is 2.25. The van der Waals surface area contributed by atoms with Gasteiger partial charge in [-0.25, -0.2) is 8.42 Å². The van der Waals surface area contributed by atoms with Gasteiger partial charge in [0.15, 0.2) is 9.84 Å². The Kier molecular flexibility index (Phi) is 6.61. The number of hydrogen-bond donors (Lipinski definition) is 1. The van der Waals surface area contributed by atoms with Crippen LogP contribution in [0.3, 0.4) is 0 Å². The zero-order valence-electron chi connectivity index (χ0n) is 15.7. The number of ether oxygens (including phenoxy) is 1. The predicted molar refractivity (Wildman–Crippen MR) is 110 cm³/mol. The number of sulfone groups is 1. The molecule has 8 heteroatoms. The number of halogens is 1. The molecular formula is C21H20ClNO5S. The van der Waals surface area contributed by atoms with Gasteiger partial charge in [-0.3, -0.25) is 4.79 Å². The van der Waals surface area contributed by atoms with Gasteiger partial charge in [0, 0.05) is 17.1 Å². The van der Waals surface area contributed by atoms with Crippen LogP contribution in [-0.2, 0) is 9.84 Å². The average molecular weight is 434 g/mol. The maximum Gasteiger partial charge on any atom is 0.251 e. The minimum atomic E-state index is -3.82. The molecule has 1 heterocycles. The summed E-state index contributed by atoms with van der Waals surface area (Å²) < 4.78 is 37.0. The third kappa shape index (κ3) is 4.99. The van der Waals surface area contributed by atoms with Crippen molar-refractivity contribution in [2.24, 2.45) is 0 Å². The molecule has 0 unspecified atom stereocenters. The fraction of sp³-hybridized carbons (Fsp3) is 0.190. The standard InChI is InChI=1S/C21H20ClNO5S/c1-2-27-17-9-5-15(6-10-17)21(24)23-14-20(19-4-3-13-28-19)29(25,26)18-11-7-16(22)8-12-18/h3-13,20H,2,14H2,1H3,(H,23,24)/t20-/m1/s1. The third-order valence-corrected chi connectivity index (χ3v) is 6.58. The smallest absolute Gasteiger partial charge is 0.251 e. The Hall–Kier alpha value is -2.77. The molecule has 152 valence electrons. The number of hydrogen-bond acceptors (Lipinski definition) is 5. The number of furan rings is 1. The van der Waals surface area contributed by atoms with Gasteiger partial charge in [0.2, 0.25) is 0 Å². The van der Waals surface area contributed by atoms with Gasteiger partial charge >= 0.3 is 0 Å². The Morgan fingerprint density at radius 3 is 2.38 bits per heavy atom. The zero-order valence-corrected chi connectivity index (χ0v) is 17.2. The highest BCUT2D eigenvalue weighted by Gasteiger charge is 2.32. The van der Waals surface area contributed by atoms with E-state index in [1.165, 1.54) is 30.5 Å². The largest absolute Gasteiger partial charge is 0.494 e. The van der Waals surface area contributed by atoms with E-state index in [1.54, 1.807) is 36.4 Å². The molecule has 0 spiro atoms. The molecule has 1 N–H and O–H groups in total.